The van der Waals surface area contributed by atoms with Crippen molar-refractivity contribution in [1.82, 2.24) is 19.5 Å². The second-order valence-corrected chi connectivity index (χ2v) is 5.67. The number of aromatic nitrogens is 4. The van der Waals surface area contributed by atoms with Crippen LogP contribution in [0.3, 0.4) is 0 Å². The number of aryl methyl sites for hydroxylation is 1. The van der Waals surface area contributed by atoms with Gasteiger partial charge >= 0.3 is 0 Å². The van der Waals surface area contributed by atoms with Crippen LogP contribution in [0, 0.1) is 13.8 Å². The van der Waals surface area contributed by atoms with Gasteiger partial charge in [-0.1, -0.05) is 17.8 Å². The molecule has 2 aromatic heterocycles. The van der Waals surface area contributed by atoms with Gasteiger partial charge < -0.3 is 16.0 Å². The molecule has 0 aliphatic carbocycles. The molecule has 4 N–H and O–H groups in total. The number of nitrogen functional groups attached to an aromatic ring is 2. The van der Waals surface area contributed by atoms with Crippen LogP contribution in [0.15, 0.2) is 23.9 Å². The van der Waals surface area contributed by atoms with Crippen molar-refractivity contribution in [3.05, 3.63) is 35.7 Å². The van der Waals surface area contributed by atoms with Crippen molar-refractivity contribution in [2.24, 2.45) is 0 Å². The van der Waals surface area contributed by atoms with E-state index in [2.05, 4.69) is 21.5 Å². The smallest absolute Gasteiger partial charge is 0.225 e. The predicted molar refractivity (Wildman–Crippen MR) is 87.8 cm³/mol. The van der Waals surface area contributed by atoms with E-state index in [4.69, 9.17) is 11.5 Å². The first-order valence-corrected chi connectivity index (χ1v) is 7.61. The average Bonchev–Trinajstić information content (AvgIpc) is 2.72. The summed E-state index contributed by atoms with van der Waals surface area (Å²) in [6.07, 6.45) is 1.80. The van der Waals surface area contributed by atoms with Gasteiger partial charge in [0.2, 0.25) is 11.9 Å². The molecule has 7 nitrogen and oxygen atoms in total. The number of hydrogen-bond acceptors (Lipinski definition) is 7. The molecule has 22 heavy (non-hydrogen) atoms. The molecule has 2 heterocycles. The third-order valence-electron chi connectivity index (χ3n) is 3.17. The minimum Gasteiger partial charge on any atom is -0.368 e. The number of carbonyl (C=O) groups is 1. The van der Waals surface area contributed by atoms with Crippen molar-refractivity contribution in [2.45, 2.75) is 25.5 Å². The van der Waals surface area contributed by atoms with Gasteiger partial charge in [0.05, 0.1) is 5.75 Å². The van der Waals surface area contributed by atoms with Gasteiger partial charge in [0.25, 0.3) is 0 Å². The second kappa shape index (κ2) is 6.61. The fraction of sp³-hybridized carbons (Fsp3) is 0.286. The lowest BCUT2D eigenvalue weighted by atomic mass is 10.2. The Kier molecular flexibility index (Phi) is 4.81. The predicted octanol–water partition coefficient (Wildman–Crippen LogP) is 1.62. The highest BCUT2D eigenvalue weighted by molar-refractivity contribution is 7.99. The van der Waals surface area contributed by atoms with Crippen LogP contribution in [0.25, 0.3) is 0 Å². The number of hydrogen-bond donors (Lipinski definition) is 2. The van der Waals surface area contributed by atoms with Crippen LogP contribution in [0.4, 0.5) is 11.9 Å². The number of rotatable bonds is 6. The maximum atomic E-state index is 12.4. The van der Waals surface area contributed by atoms with Crippen molar-refractivity contribution in [3.63, 3.8) is 0 Å². The van der Waals surface area contributed by atoms with Crippen LogP contribution in [-0.2, 0) is 6.54 Å². The normalized spacial score (nSPS) is 10.6. The quantitative estimate of drug-likeness (QED) is 0.472. The van der Waals surface area contributed by atoms with Gasteiger partial charge in [-0.2, -0.15) is 15.0 Å². The fourth-order valence-electron chi connectivity index (χ4n) is 2.15. The Morgan fingerprint density at radius 2 is 1.95 bits per heavy atom. The highest BCUT2D eigenvalue weighted by Gasteiger charge is 2.16. The second-order valence-electron chi connectivity index (χ2n) is 4.73. The monoisotopic (exact) mass is 318 g/mol. The summed E-state index contributed by atoms with van der Waals surface area (Å²) in [5, 5.41) is 0.346. The van der Waals surface area contributed by atoms with Gasteiger partial charge in [-0.05, 0) is 19.9 Å². The van der Waals surface area contributed by atoms with Crippen LogP contribution < -0.4 is 11.5 Å². The van der Waals surface area contributed by atoms with E-state index in [0.717, 1.165) is 11.4 Å². The maximum Gasteiger partial charge on any atom is 0.225 e. The van der Waals surface area contributed by atoms with E-state index in [1.807, 2.05) is 24.5 Å². The molecular weight excluding hydrogens is 300 g/mol. The van der Waals surface area contributed by atoms with Crippen LogP contribution in [0.1, 0.15) is 21.7 Å². The molecule has 0 aromatic carbocycles. The van der Waals surface area contributed by atoms with Crippen LogP contribution >= 0.6 is 11.8 Å². The van der Waals surface area contributed by atoms with Gasteiger partial charge in [0, 0.05) is 23.5 Å². The molecule has 2 aromatic rings. The molecule has 116 valence electrons. The van der Waals surface area contributed by atoms with Crippen molar-refractivity contribution in [2.75, 3.05) is 17.2 Å². The van der Waals surface area contributed by atoms with Gasteiger partial charge in [0.1, 0.15) is 0 Å². The van der Waals surface area contributed by atoms with E-state index in [9.17, 15) is 4.79 Å². The number of nitrogens with two attached hydrogens (primary N) is 2. The first-order valence-electron chi connectivity index (χ1n) is 6.63. The van der Waals surface area contributed by atoms with E-state index in [1.165, 1.54) is 11.8 Å². The molecule has 0 spiro atoms. The van der Waals surface area contributed by atoms with E-state index >= 15 is 0 Å². The van der Waals surface area contributed by atoms with E-state index in [1.54, 1.807) is 6.08 Å². The molecular formula is C14H18N6OS. The van der Waals surface area contributed by atoms with Gasteiger partial charge in [-0.25, -0.2) is 0 Å². The first kappa shape index (κ1) is 16.0. The fourth-order valence-corrected chi connectivity index (χ4v) is 2.89. The number of carbonyl (C=O) groups excluding carboxylic acids is 1. The summed E-state index contributed by atoms with van der Waals surface area (Å²) in [4.78, 5) is 24.0. The van der Waals surface area contributed by atoms with Gasteiger partial charge in [0.15, 0.2) is 10.9 Å². The zero-order chi connectivity index (χ0) is 16.3. The minimum atomic E-state index is 0.00553. The molecule has 0 atom stereocenters. The number of anilines is 2. The number of thioether (sulfide) groups is 1. The number of ketones is 1. The molecule has 0 saturated heterocycles. The lowest BCUT2D eigenvalue weighted by Gasteiger charge is -2.06. The van der Waals surface area contributed by atoms with Crippen molar-refractivity contribution < 1.29 is 4.79 Å². The summed E-state index contributed by atoms with van der Waals surface area (Å²) in [6, 6.07) is 1.89. The summed E-state index contributed by atoms with van der Waals surface area (Å²) in [5.41, 5.74) is 13.7. The molecule has 0 aliphatic heterocycles. The molecule has 0 bridgehead atoms. The highest BCUT2D eigenvalue weighted by Crippen LogP contribution is 2.20. The average molecular weight is 318 g/mol. The summed E-state index contributed by atoms with van der Waals surface area (Å²) in [6.45, 7) is 8.30. The summed E-state index contributed by atoms with van der Waals surface area (Å²) in [5.74, 6) is 0.311. The SMILES string of the molecule is C=CCn1c(C)cc(C(=O)CSc2nc(N)nc(N)n2)c1C. The largest absolute Gasteiger partial charge is 0.368 e. The molecule has 8 heteroatoms. The summed E-state index contributed by atoms with van der Waals surface area (Å²) in [7, 11) is 0. The molecule has 0 amide bonds. The Hall–Kier alpha value is -2.35. The Bertz CT molecular complexity index is 704. The Morgan fingerprint density at radius 3 is 2.55 bits per heavy atom. The highest BCUT2D eigenvalue weighted by atomic mass is 32.2. The third-order valence-corrected chi connectivity index (χ3v) is 4.01. The zero-order valence-corrected chi connectivity index (χ0v) is 13.4. The molecule has 0 unspecified atom stereocenters. The zero-order valence-electron chi connectivity index (χ0n) is 12.5. The molecule has 0 radical (unpaired) electrons. The topological polar surface area (TPSA) is 113 Å². The lowest BCUT2D eigenvalue weighted by Crippen LogP contribution is -2.08. The van der Waals surface area contributed by atoms with Gasteiger partial charge in [-0.3, -0.25) is 4.79 Å². The van der Waals surface area contributed by atoms with Crippen molar-refractivity contribution in [3.8, 4) is 0 Å². The maximum absolute atomic E-state index is 12.4. The molecule has 2 rings (SSSR count). The van der Waals surface area contributed by atoms with Crippen molar-refractivity contribution >= 4 is 29.4 Å². The van der Waals surface area contributed by atoms with E-state index < -0.39 is 0 Å². The summed E-state index contributed by atoms with van der Waals surface area (Å²) >= 11 is 1.19. The summed E-state index contributed by atoms with van der Waals surface area (Å²) < 4.78 is 2.05. The van der Waals surface area contributed by atoms with Crippen LogP contribution in [0.5, 0.6) is 0 Å². The Balaban J connectivity index is 2.12. The third kappa shape index (κ3) is 3.45. The Labute approximate surface area is 132 Å². The van der Waals surface area contributed by atoms with E-state index in [0.29, 0.717) is 17.3 Å². The van der Waals surface area contributed by atoms with Crippen LogP contribution in [0.2, 0.25) is 0 Å². The van der Waals surface area contributed by atoms with Crippen molar-refractivity contribution in [1.29, 1.82) is 0 Å². The number of nitrogens with zero attached hydrogens (tertiary/aromatic N) is 4. The standard InChI is InChI=1S/C14H18N6OS/c1-4-5-20-8(2)6-10(9(20)3)11(21)7-22-14-18-12(15)17-13(16)19-14/h4,6H,1,5,7H2,2-3H3,(H4,15,16,17,18,19). The number of Topliss-reactive ketones (excluding diaryl/α,β-unsaturated/α-hetero) is 1. The molecule has 0 saturated carbocycles. The Morgan fingerprint density at radius 1 is 1.32 bits per heavy atom. The minimum absolute atomic E-state index is 0.00553. The van der Waals surface area contributed by atoms with Crippen LogP contribution in [-0.4, -0.2) is 31.1 Å². The lowest BCUT2D eigenvalue weighted by molar-refractivity contribution is 0.102. The van der Waals surface area contributed by atoms with E-state index in [-0.39, 0.29) is 23.4 Å². The van der Waals surface area contributed by atoms with Gasteiger partial charge in [-0.15, -0.1) is 6.58 Å². The first-order chi connectivity index (χ1) is 10.4. The molecule has 0 fully saturated rings. The number of allylic oxidation sites excluding steroid dienone is 1. The molecule has 0 aliphatic rings.